The number of nitrogens with zero attached hydrogens (tertiary/aromatic N) is 2. The Morgan fingerprint density at radius 2 is 1.76 bits per heavy atom. The van der Waals surface area contributed by atoms with Crippen LogP contribution in [-0.2, 0) is 0 Å². The smallest absolute Gasteiger partial charge is 0.161 e. The van der Waals surface area contributed by atoms with E-state index in [1.54, 1.807) is 0 Å². The van der Waals surface area contributed by atoms with Gasteiger partial charge in [-0.15, -0.1) is 0 Å². The van der Waals surface area contributed by atoms with Crippen LogP contribution >= 0.6 is 0 Å². The summed E-state index contributed by atoms with van der Waals surface area (Å²) in [6.45, 7) is 6.81. The standard InChI is InChI=1S/C16H21F3N2/c1-10(2)16-9-20-5-3-4-11(20)8-21(16)15-7-13(18)12(17)6-14(15)19/h6-7,10-11,16H,3-5,8-9H2,1-2H3. The molecule has 2 saturated heterocycles. The third-order valence-corrected chi connectivity index (χ3v) is 4.80. The van der Waals surface area contributed by atoms with E-state index in [2.05, 4.69) is 18.7 Å². The van der Waals surface area contributed by atoms with Gasteiger partial charge >= 0.3 is 0 Å². The number of hydrogen-bond donors (Lipinski definition) is 0. The number of fused-ring (bicyclic) bond motifs is 1. The van der Waals surface area contributed by atoms with Crippen molar-refractivity contribution in [2.45, 2.75) is 38.8 Å². The lowest BCUT2D eigenvalue weighted by Crippen LogP contribution is -2.58. The highest BCUT2D eigenvalue weighted by Gasteiger charge is 2.38. The van der Waals surface area contributed by atoms with Crippen LogP contribution in [0.15, 0.2) is 12.1 Å². The van der Waals surface area contributed by atoms with Gasteiger partial charge in [0.25, 0.3) is 0 Å². The molecule has 1 aromatic rings. The highest BCUT2D eigenvalue weighted by molar-refractivity contribution is 5.50. The fourth-order valence-corrected chi connectivity index (χ4v) is 3.62. The van der Waals surface area contributed by atoms with E-state index in [0.29, 0.717) is 24.6 Å². The van der Waals surface area contributed by atoms with E-state index in [4.69, 9.17) is 0 Å². The summed E-state index contributed by atoms with van der Waals surface area (Å²) in [6, 6.07) is 2.18. The first kappa shape index (κ1) is 14.7. The SMILES string of the molecule is CC(C)C1CN2CCCC2CN1c1cc(F)c(F)cc1F. The van der Waals surface area contributed by atoms with Crippen LogP contribution in [0.25, 0.3) is 0 Å². The second-order valence-corrected chi connectivity index (χ2v) is 6.47. The van der Waals surface area contributed by atoms with Crippen LogP contribution in [0.3, 0.4) is 0 Å². The normalized spacial score (nSPS) is 26.5. The molecule has 0 bridgehead atoms. The van der Waals surface area contributed by atoms with E-state index in [1.165, 1.54) is 0 Å². The Labute approximate surface area is 123 Å². The van der Waals surface area contributed by atoms with E-state index in [0.717, 1.165) is 32.0 Å². The summed E-state index contributed by atoms with van der Waals surface area (Å²) >= 11 is 0. The third-order valence-electron chi connectivity index (χ3n) is 4.80. The van der Waals surface area contributed by atoms with Crippen LogP contribution < -0.4 is 4.90 Å². The maximum Gasteiger partial charge on any atom is 0.161 e. The van der Waals surface area contributed by atoms with Crippen molar-refractivity contribution in [3.63, 3.8) is 0 Å². The molecule has 2 aliphatic heterocycles. The molecule has 1 aromatic carbocycles. The topological polar surface area (TPSA) is 6.48 Å². The van der Waals surface area contributed by atoms with Gasteiger partial charge in [0.2, 0.25) is 0 Å². The first-order valence-electron chi connectivity index (χ1n) is 7.62. The first-order valence-corrected chi connectivity index (χ1v) is 7.62. The van der Waals surface area contributed by atoms with E-state index in [-0.39, 0.29) is 11.7 Å². The van der Waals surface area contributed by atoms with Crippen LogP contribution in [0, 0.1) is 23.4 Å². The predicted octanol–water partition coefficient (Wildman–Crippen LogP) is 3.41. The molecular weight excluding hydrogens is 277 g/mol. The van der Waals surface area contributed by atoms with Gasteiger partial charge in [-0.1, -0.05) is 13.8 Å². The zero-order chi connectivity index (χ0) is 15.1. The van der Waals surface area contributed by atoms with Crippen LogP contribution in [0.5, 0.6) is 0 Å². The maximum absolute atomic E-state index is 14.1. The molecule has 2 unspecified atom stereocenters. The fraction of sp³-hybridized carbons (Fsp3) is 0.625. The summed E-state index contributed by atoms with van der Waals surface area (Å²) in [7, 11) is 0. The Bertz CT molecular complexity index is 532. The average Bonchev–Trinajstić information content (AvgIpc) is 2.88. The Morgan fingerprint density at radius 1 is 1.05 bits per heavy atom. The van der Waals surface area contributed by atoms with Gasteiger partial charge in [0.1, 0.15) is 5.82 Å². The van der Waals surface area contributed by atoms with Crippen molar-refractivity contribution in [1.29, 1.82) is 0 Å². The second-order valence-electron chi connectivity index (χ2n) is 6.47. The molecule has 0 amide bonds. The largest absolute Gasteiger partial charge is 0.363 e. The Morgan fingerprint density at radius 3 is 2.48 bits per heavy atom. The number of piperazine rings is 1. The highest BCUT2D eigenvalue weighted by Crippen LogP contribution is 2.33. The van der Waals surface area contributed by atoms with Crippen molar-refractivity contribution < 1.29 is 13.2 Å². The van der Waals surface area contributed by atoms with Gasteiger partial charge in [-0.05, 0) is 25.3 Å². The van der Waals surface area contributed by atoms with Crippen LogP contribution in [-0.4, -0.2) is 36.6 Å². The van der Waals surface area contributed by atoms with Crippen LogP contribution in [0.1, 0.15) is 26.7 Å². The van der Waals surface area contributed by atoms with Gasteiger partial charge in [0.15, 0.2) is 11.6 Å². The van der Waals surface area contributed by atoms with Crippen LogP contribution in [0.2, 0.25) is 0 Å². The van der Waals surface area contributed by atoms with E-state index >= 15 is 0 Å². The molecule has 0 spiro atoms. The predicted molar refractivity (Wildman–Crippen MR) is 76.9 cm³/mol. The molecule has 2 heterocycles. The summed E-state index contributed by atoms with van der Waals surface area (Å²) in [5.74, 6) is -2.47. The van der Waals surface area contributed by atoms with Crippen molar-refractivity contribution in [3.8, 4) is 0 Å². The lowest BCUT2D eigenvalue weighted by atomic mass is 9.96. The fourth-order valence-electron chi connectivity index (χ4n) is 3.62. The quantitative estimate of drug-likeness (QED) is 0.772. The molecule has 0 N–H and O–H groups in total. The van der Waals surface area contributed by atoms with Crippen molar-refractivity contribution in [2.75, 3.05) is 24.5 Å². The lowest BCUT2D eigenvalue weighted by Gasteiger charge is -2.46. The van der Waals surface area contributed by atoms with Crippen molar-refractivity contribution in [2.24, 2.45) is 5.92 Å². The molecular formula is C16H21F3N2. The zero-order valence-electron chi connectivity index (χ0n) is 12.5. The molecule has 0 aromatic heterocycles. The first-order chi connectivity index (χ1) is 9.97. The molecule has 2 fully saturated rings. The molecule has 0 saturated carbocycles. The molecule has 0 radical (unpaired) electrons. The monoisotopic (exact) mass is 298 g/mol. The van der Waals surface area contributed by atoms with Crippen molar-refractivity contribution in [3.05, 3.63) is 29.6 Å². The second kappa shape index (κ2) is 5.52. The molecule has 2 aliphatic rings. The van der Waals surface area contributed by atoms with E-state index in [9.17, 15) is 13.2 Å². The Balaban J connectivity index is 1.96. The number of rotatable bonds is 2. The lowest BCUT2D eigenvalue weighted by molar-refractivity contribution is 0.176. The highest BCUT2D eigenvalue weighted by atomic mass is 19.2. The Kier molecular flexibility index (Phi) is 3.86. The van der Waals surface area contributed by atoms with E-state index < -0.39 is 17.5 Å². The molecule has 3 rings (SSSR count). The molecule has 0 aliphatic carbocycles. The van der Waals surface area contributed by atoms with Gasteiger partial charge in [-0.2, -0.15) is 0 Å². The summed E-state index contributed by atoms with van der Waals surface area (Å²) in [4.78, 5) is 4.38. The van der Waals surface area contributed by atoms with Gasteiger partial charge < -0.3 is 4.90 Å². The molecule has 5 heteroatoms. The summed E-state index contributed by atoms with van der Waals surface area (Å²) in [6.07, 6.45) is 2.25. The van der Waals surface area contributed by atoms with Gasteiger partial charge in [-0.25, -0.2) is 13.2 Å². The minimum Gasteiger partial charge on any atom is -0.363 e. The number of anilines is 1. The minimum absolute atomic E-state index is 0.124. The number of hydrogen-bond acceptors (Lipinski definition) is 2. The van der Waals surface area contributed by atoms with Gasteiger partial charge in [0, 0.05) is 37.3 Å². The number of halogens is 3. The molecule has 116 valence electrons. The number of benzene rings is 1. The molecule has 2 atom stereocenters. The molecule has 2 nitrogen and oxygen atoms in total. The summed E-state index contributed by atoms with van der Waals surface area (Å²) < 4.78 is 40.8. The van der Waals surface area contributed by atoms with Crippen molar-refractivity contribution in [1.82, 2.24) is 4.90 Å². The van der Waals surface area contributed by atoms with Gasteiger partial charge in [-0.3, -0.25) is 4.90 Å². The Hall–Kier alpha value is -1.23. The van der Waals surface area contributed by atoms with Crippen LogP contribution in [0.4, 0.5) is 18.9 Å². The summed E-state index contributed by atoms with van der Waals surface area (Å²) in [5.41, 5.74) is 0.194. The minimum atomic E-state index is -1.13. The zero-order valence-corrected chi connectivity index (χ0v) is 12.5. The van der Waals surface area contributed by atoms with Gasteiger partial charge in [0.05, 0.1) is 5.69 Å². The average molecular weight is 298 g/mol. The maximum atomic E-state index is 14.1. The van der Waals surface area contributed by atoms with E-state index in [1.807, 2.05) is 4.90 Å². The third kappa shape index (κ3) is 2.63. The van der Waals surface area contributed by atoms with Crippen molar-refractivity contribution >= 4 is 5.69 Å². The summed E-state index contributed by atoms with van der Waals surface area (Å²) in [5, 5.41) is 0. The molecule has 21 heavy (non-hydrogen) atoms.